The number of carbonyl (C=O) groups is 1. The van der Waals surface area contributed by atoms with Gasteiger partial charge in [0.1, 0.15) is 6.33 Å². The van der Waals surface area contributed by atoms with Crippen molar-refractivity contribution >= 4 is 15.9 Å². The molecule has 6 nitrogen and oxygen atoms in total. The predicted molar refractivity (Wildman–Crippen MR) is 81.4 cm³/mol. The van der Waals surface area contributed by atoms with Gasteiger partial charge in [0.25, 0.3) is 5.91 Å². The van der Waals surface area contributed by atoms with Crippen LogP contribution in [0.2, 0.25) is 0 Å². The van der Waals surface area contributed by atoms with E-state index in [2.05, 4.69) is 14.7 Å². The van der Waals surface area contributed by atoms with Crippen molar-refractivity contribution in [3.8, 4) is 11.1 Å². The summed E-state index contributed by atoms with van der Waals surface area (Å²) in [5.41, 5.74) is 1.55. The molecular weight excluding hydrogens is 302 g/mol. The van der Waals surface area contributed by atoms with Gasteiger partial charge >= 0.3 is 0 Å². The highest BCUT2D eigenvalue weighted by Crippen LogP contribution is 2.30. The number of aromatic nitrogens is 2. The van der Waals surface area contributed by atoms with Crippen LogP contribution in [-0.4, -0.2) is 30.0 Å². The second kappa shape index (κ2) is 5.84. The summed E-state index contributed by atoms with van der Waals surface area (Å²) in [6.45, 7) is 0. The minimum Gasteiger partial charge on any atom is -0.268 e. The third kappa shape index (κ3) is 3.48. The molecule has 0 radical (unpaired) electrons. The molecule has 1 fully saturated rings. The van der Waals surface area contributed by atoms with Crippen molar-refractivity contribution in [2.24, 2.45) is 5.92 Å². The summed E-state index contributed by atoms with van der Waals surface area (Å²) in [5, 5.41) is 0. The third-order valence-corrected chi connectivity index (χ3v) is 4.85. The zero-order chi connectivity index (χ0) is 15.6. The van der Waals surface area contributed by atoms with E-state index < -0.39 is 15.9 Å². The van der Waals surface area contributed by atoms with Gasteiger partial charge in [0, 0.05) is 23.5 Å². The molecule has 1 heterocycles. The Balaban J connectivity index is 1.87. The minimum absolute atomic E-state index is 0.00928. The highest BCUT2D eigenvalue weighted by atomic mass is 32.2. The van der Waals surface area contributed by atoms with Crippen molar-refractivity contribution < 1.29 is 13.2 Å². The molecule has 114 valence electrons. The molecule has 7 heteroatoms. The van der Waals surface area contributed by atoms with Gasteiger partial charge in [-0.1, -0.05) is 18.2 Å². The molecule has 1 N–H and O–H groups in total. The Kier molecular flexibility index (Phi) is 3.89. The number of benzene rings is 1. The van der Waals surface area contributed by atoms with Crippen molar-refractivity contribution in [3.63, 3.8) is 0 Å². The number of amides is 1. The lowest BCUT2D eigenvalue weighted by atomic mass is 10.0. The van der Waals surface area contributed by atoms with E-state index in [1.165, 1.54) is 6.33 Å². The monoisotopic (exact) mass is 317 g/mol. The quantitative estimate of drug-likeness (QED) is 0.905. The molecule has 0 bridgehead atoms. The Morgan fingerprint density at radius 1 is 1.18 bits per heavy atom. The third-order valence-electron chi connectivity index (χ3n) is 3.44. The molecule has 2 aromatic rings. The van der Waals surface area contributed by atoms with E-state index in [1.54, 1.807) is 36.7 Å². The van der Waals surface area contributed by atoms with E-state index >= 15 is 0 Å². The first-order chi connectivity index (χ1) is 10.6. The Bertz CT molecular complexity index is 787. The topological polar surface area (TPSA) is 89.0 Å². The molecule has 1 aliphatic carbocycles. The van der Waals surface area contributed by atoms with Gasteiger partial charge < -0.3 is 0 Å². The normalized spacial score (nSPS) is 14.5. The zero-order valence-corrected chi connectivity index (χ0v) is 12.6. The summed E-state index contributed by atoms with van der Waals surface area (Å²) in [6, 6.07) is 6.79. The lowest BCUT2D eigenvalue weighted by Crippen LogP contribution is -2.33. The van der Waals surface area contributed by atoms with E-state index in [9.17, 15) is 13.2 Å². The van der Waals surface area contributed by atoms with E-state index in [0.717, 1.165) is 12.8 Å². The standard InChI is InChI=1S/C15H15N3O3S/c19-15(18-22(20,21)9-11-5-6-11)14-4-2-1-3-13(14)12-7-16-10-17-8-12/h1-4,7-8,10-11H,5-6,9H2,(H,18,19). The predicted octanol–water partition coefficient (Wildman–Crippen LogP) is 1.61. The fourth-order valence-electron chi connectivity index (χ4n) is 2.20. The van der Waals surface area contributed by atoms with Crippen LogP contribution in [0.5, 0.6) is 0 Å². The minimum atomic E-state index is -3.60. The maximum absolute atomic E-state index is 12.3. The van der Waals surface area contributed by atoms with Crippen LogP contribution in [0, 0.1) is 5.92 Å². The summed E-state index contributed by atoms with van der Waals surface area (Å²) in [4.78, 5) is 20.2. The Morgan fingerprint density at radius 2 is 1.86 bits per heavy atom. The van der Waals surface area contributed by atoms with Crippen LogP contribution >= 0.6 is 0 Å². The van der Waals surface area contributed by atoms with Crippen LogP contribution in [0.15, 0.2) is 43.0 Å². The largest absolute Gasteiger partial charge is 0.268 e. The first-order valence-electron chi connectivity index (χ1n) is 6.94. The van der Waals surface area contributed by atoms with Gasteiger partial charge in [0.15, 0.2) is 0 Å². The fraction of sp³-hybridized carbons (Fsp3) is 0.267. The van der Waals surface area contributed by atoms with Gasteiger partial charge in [0.05, 0.1) is 5.75 Å². The van der Waals surface area contributed by atoms with Crippen molar-refractivity contribution in [1.82, 2.24) is 14.7 Å². The number of rotatable bonds is 5. The molecule has 1 saturated carbocycles. The average molecular weight is 317 g/mol. The highest BCUT2D eigenvalue weighted by Gasteiger charge is 2.29. The summed E-state index contributed by atoms with van der Waals surface area (Å²) in [5.74, 6) is -0.432. The SMILES string of the molecule is O=C(NS(=O)(=O)CC1CC1)c1ccccc1-c1cncnc1. The lowest BCUT2D eigenvalue weighted by molar-refractivity contribution is 0.0982. The number of nitrogens with zero attached hydrogens (tertiary/aromatic N) is 2. The Hall–Kier alpha value is -2.28. The molecule has 22 heavy (non-hydrogen) atoms. The van der Waals surface area contributed by atoms with Crippen molar-refractivity contribution in [2.45, 2.75) is 12.8 Å². The molecule has 1 amide bonds. The second-order valence-corrected chi connectivity index (χ2v) is 7.10. The van der Waals surface area contributed by atoms with Gasteiger partial charge in [-0.05, 0) is 30.4 Å². The van der Waals surface area contributed by atoms with Crippen LogP contribution < -0.4 is 4.72 Å². The molecule has 0 unspecified atom stereocenters. The first-order valence-corrected chi connectivity index (χ1v) is 8.59. The van der Waals surface area contributed by atoms with Gasteiger partial charge in [-0.2, -0.15) is 0 Å². The molecule has 0 aliphatic heterocycles. The van der Waals surface area contributed by atoms with E-state index in [4.69, 9.17) is 0 Å². The van der Waals surface area contributed by atoms with Crippen LogP contribution in [-0.2, 0) is 10.0 Å². The van der Waals surface area contributed by atoms with Crippen LogP contribution in [0.4, 0.5) is 0 Å². The molecule has 0 atom stereocenters. The average Bonchev–Trinajstić information content (AvgIpc) is 3.31. The van der Waals surface area contributed by atoms with Gasteiger partial charge in [-0.15, -0.1) is 0 Å². The number of hydrogen-bond donors (Lipinski definition) is 1. The van der Waals surface area contributed by atoms with Crippen molar-refractivity contribution in [1.29, 1.82) is 0 Å². The van der Waals surface area contributed by atoms with Gasteiger partial charge in [-0.3, -0.25) is 4.79 Å². The number of nitrogens with one attached hydrogen (secondary N) is 1. The van der Waals surface area contributed by atoms with E-state index in [-0.39, 0.29) is 17.2 Å². The Labute approximate surface area is 128 Å². The maximum atomic E-state index is 12.3. The van der Waals surface area contributed by atoms with Gasteiger partial charge in [-0.25, -0.2) is 23.1 Å². The molecule has 1 aromatic heterocycles. The lowest BCUT2D eigenvalue weighted by Gasteiger charge is -2.10. The molecular formula is C15H15N3O3S. The van der Waals surface area contributed by atoms with Crippen LogP contribution in [0.25, 0.3) is 11.1 Å². The molecule has 0 spiro atoms. The molecule has 1 aliphatic rings. The molecule has 3 rings (SSSR count). The molecule has 1 aromatic carbocycles. The number of hydrogen-bond acceptors (Lipinski definition) is 5. The number of sulfonamides is 1. The van der Waals surface area contributed by atoms with E-state index in [0.29, 0.717) is 11.1 Å². The van der Waals surface area contributed by atoms with E-state index in [1.807, 2.05) is 0 Å². The van der Waals surface area contributed by atoms with Gasteiger partial charge in [0.2, 0.25) is 10.0 Å². The fourth-order valence-corrected chi connectivity index (χ4v) is 3.63. The summed E-state index contributed by atoms with van der Waals surface area (Å²) in [7, 11) is -3.60. The van der Waals surface area contributed by atoms with Crippen LogP contribution in [0.1, 0.15) is 23.2 Å². The number of carbonyl (C=O) groups excluding carboxylic acids is 1. The smallest absolute Gasteiger partial charge is 0.265 e. The molecule has 0 saturated heterocycles. The highest BCUT2D eigenvalue weighted by molar-refractivity contribution is 7.90. The van der Waals surface area contributed by atoms with Crippen molar-refractivity contribution in [2.75, 3.05) is 5.75 Å². The summed E-state index contributed by atoms with van der Waals surface area (Å²) >= 11 is 0. The summed E-state index contributed by atoms with van der Waals surface area (Å²) in [6.07, 6.45) is 6.38. The Morgan fingerprint density at radius 3 is 2.55 bits per heavy atom. The van der Waals surface area contributed by atoms with Crippen molar-refractivity contribution in [3.05, 3.63) is 48.5 Å². The first kappa shape index (κ1) is 14.6. The zero-order valence-electron chi connectivity index (χ0n) is 11.8. The van der Waals surface area contributed by atoms with Crippen LogP contribution in [0.3, 0.4) is 0 Å². The second-order valence-electron chi connectivity index (χ2n) is 5.33. The summed E-state index contributed by atoms with van der Waals surface area (Å²) < 4.78 is 26.1. The maximum Gasteiger partial charge on any atom is 0.265 e.